The maximum absolute atomic E-state index is 12.8. The molecule has 35 heavy (non-hydrogen) atoms. The summed E-state index contributed by atoms with van der Waals surface area (Å²) in [6, 6.07) is 24.8. The van der Waals surface area contributed by atoms with E-state index in [0.717, 1.165) is 60.9 Å². The van der Waals surface area contributed by atoms with Gasteiger partial charge in [0, 0.05) is 30.6 Å². The number of aryl methyl sites for hydroxylation is 1. The first-order valence-electron chi connectivity index (χ1n) is 12.3. The van der Waals surface area contributed by atoms with Crippen molar-refractivity contribution in [2.45, 2.75) is 32.7 Å². The largest absolute Gasteiger partial charge is 0.356 e. The Morgan fingerprint density at radius 3 is 2.40 bits per heavy atom. The lowest BCUT2D eigenvalue weighted by Crippen LogP contribution is -2.42. The molecule has 1 aliphatic heterocycles. The minimum absolute atomic E-state index is 0.0476. The average Bonchev–Trinajstić information content (AvgIpc) is 3.25. The molecule has 5 rings (SSSR count). The number of carbonyl (C=O) groups is 1. The molecule has 0 atom stereocenters. The molecule has 2 heterocycles. The zero-order valence-electron chi connectivity index (χ0n) is 20.1. The highest BCUT2D eigenvalue weighted by Crippen LogP contribution is 2.28. The number of para-hydroxylation sites is 2. The molecule has 0 spiro atoms. The average molecular weight is 487 g/mol. The number of fused-ring (bicyclic) bond motifs is 1. The summed E-state index contributed by atoms with van der Waals surface area (Å²) in [5, 5.41) is 3.86. The molecule has 3 aromatic carbocycles. The molecule has 1 fully saturated rings. The number of benzene rings is 3. The van der Waals surface area contributed by atoms with Crippen molar-refractivity contribution in [1.82, 2.24) is 14.9 Å². The topological polar surface area (TPSA) is 50.2 Å². The number of piperidine rings is 1. The van der Waals surface area contributed by atoms with E-state index in [1.165, 1.54) is 16.7 Å². The highest BCUT2D eigenvalue weighted by molar-refractivity contribution is 6.30. The van der Waals surface area contributed by atoms with E-state index in [2.05, 4.69) is 64.2 Å². The van der Waals surface area contributed by atoms with Crippen LogP contribution in [0, 0.1) is 12.8 Å². The predicted molar refractivity (Wildman–Crippen MR) is 143 cm³/mol. The number of halogens is 1. The third-order valence-electron chi connectivity index (χ3n) is 6.87. The van der Waals surface area contributed by atoms with Crippen molar-refractivity contribution >= 4 is 34.5 Å². The Labute approximate surface area is 211 Å². The summed E-state index contributed by atoms with van der Waals surface area (Å²) < 4.78 is 2.31. The van der Waals surface area contributed by atoms with Crippen molar-refractivity contribution in [3.8, 4) is 0 Å². The van der Waals surface area contributed by atoms with Crippen LogP contribution >= 0.6 is 11.6 Å². The Hall–Kier alpha value is -3.31. The Bertz CT molecular complexity index is 1290. The van der Waals surface area contributed by atoms with E-state index in [0.29, 0.717) is 6.54 Å². The van der Waals surface area contributed by atoms with Crippen LogP contribution in [-0.4, -0.2) is 35.1 Å². The molecular formula is C29H31ClN4O. The van der Waals surface area contributed by atoms with Gasteiger partial charge in [0.05, 0.1) is 17.6 Å². The highest BCUT2D eigenvalue weighted by atomic mass is 35.5. The van der Waals surface area contributed by atoms with Crippen LogP contribution in [0.25, 0.3) is 11.0 Å². The van der Waals surface area contributed by atoms with Gasteiger partial charge in [0.15, 0.2) is 0 Å². The zero-order valence-corrected chi connectivity index (χ0v) is 20.8. The molecule has 1 saturated heterocycles. The summed E-state index contributed by atoms with van der Waals surface area (Å²) >= 11 is 5.95. The van der Waals surface area contributed by atoms with Gasteiger partial charge in [-0.2, -0.15) is 0 Å². The Kier molecular flexibility index (Phi) is 7.05. The van der Waals surface area contributed by atoms with Crippen LogP contribution in [0.4, 0.5) is 5.95 Å². The summed E-state index contributed by atoms with van der Waals surface area (Å²) in [6.45, 7) is 5.19. The van der Waals surface area contributed by atoms with Crippen LogP contribution in [0.5, 0.6) is 0 Å². The number of rotatable bonds is 7. The van der Waals surface area contributed by atoms with E-state index in [1.807, 2.05) is 30.3 Å². The molecule has 0 radical (unpaired) electrons. The monoisotopic (exact) mass is 486 g/mol. The van der Waals surface area contributed by atoms with Crippen molar-refractivity contribution in [1.29, 1.82) is 0 Å². The Balaban J connectivity index is 1.23. The normalized spacial score (nSPS) is 14.4. The van der Waals surface area contributed by atoms with Crippen molar-refractivity contribution in [3.05, 3.63) is 94.5 Å². The maximum atomic E-state index is 12.8. The molecule has 0 bridgehead atoms. The lowest BCUT2D eigenvalue weighted by Gasteiger charge is -2.32. The standard InChI is InChI=1S/C29H31ClN4O/c1-21-6-8-23(9-7-21)20-34-27-5-3-2-4-26(27)32-29(34)33-18-15-24(16-19-33)28(35)31-17-14-22-10-12-25(30)13-11-22/h2-13,24H,14-20H2,1H3,(H,31,35). The van der Waals surface area contributed by atoms with Gasteiger partial charge in [-0.1, -0.05) is 65.7 Å². The fourth-order valence-corrected chi connectivity index (χ4v) is 4.93. The van der Waals surface area contributed by atoms with Crippen LogP contribution in [0.1, 0.15) is 29.5 Å². The lowest BCUT2D eigenvalue weighted by molar-refractivity contribution is -0.125. The minimum atomic E-state index is 0.0476. The first-order valence-corrected chi connectivity index (χ1v) is 12.7. The van der Waals surface area contributed by atoms with Crippen LogP contribution in [0.3, 0.4) is 0 Å². The SMILES string of the molecule is Cc1ccc(Cn2c(N3CCC(C(=O)NCCc4ccc(Cl)cc4)CC3)nc3ccccc32)cc1. The number of amides is 1. The molecule has 6 heteroatoms. The van der Waals surface area contributed by atoms with Gasteiger partial charge in [-0.05, 0) is 61.6 Å². The fraction of sp³-hybridized carbons (Fsp3) is 0.310. The van der Waals surface area contributed by atoms with Crippen molar-refractivity contribution < 1.29 is 4.79 Å². The van der Waals surface area contributed by atoms with E-state index in [1.54, 1.807) is 0 Å². The third-order valence-corrected chi connectivity index (χ3v) is 7.12. The van der Waals surface area contributed by atoms with E-state index in [9.17, 15) is 4.79 Å². The van der Waals surface area contributed by atoms with Gasteiger partial charge in [0.25, 0.3) is 0 Å². The first-order chi connectivity index (χ1) is 17.1. The van der Waals surface area contributed by atoms with Gasteiger partial charge in [-0.3, -0.25) is 4.79 Å². The van der Waals surface area contributed by atoms with Gasteiger partial charge in [0.1, 0.15) is 0 Å². The van der Waals surface area contributed by atoms with Crippen LogP contribution in [0.15, 0.2) is 72.8 Å². The number of aromatic nitrogens is 2. The third kappa shape index (κ3) is 5.51. The molecule has 4 aromatic rings. The van der Waals surface area contributed by atoms with Crippen molar-refractivity contribution in [3.63, 3.8) is 0 Å². The number of hydrogen-bond acceptors (Lipinski definition) is 3. The first kappa shape index (κ1) is 23.4. The molecule has 0 aliphatic carbocycles. The summed E-state index contributed by atoms with van der Waals surface area (Å²) in [5.74, 6) is 1.20. The Morgan fingerprint density at radius 2 is 1.66 bits per heavy atom. The van der Waals surface area contributed by atoms with Gasteiger partial charge in [-0.15, -0.1) is 0 Å². The molecule has 1 aromatic heterocycles. The van der Waals surface area contributed by atoms with Gasteiger partial charge < -0.3 is 14.8 Å². The van der Waals surface area contributed by atoms with E-state index < -0.39 is 0 Å². The molecule has 5 nitrogen and oxygen atoms in total. The highest BCUT2D eigenvalue weighted by Gasteiger charge is 2.27. The second-order valence-corrected chi connectivity index (χ2v) is 9.84. The smallest absolute Gasteiger partial charge is 0.223 e. The van der Waals surface area contributed by atoms with Crippen molar-refractivity contribution in [2.24, 2.45) is 5.92 Å². The van der Waals surface area contributed by atoms with E-state index >= 15 is 0 Å². The Morgan fingerprint density at radius 1 is 0.971 bits per heavy atom. The number of imidazole rings is 1. The number of nitrogens with one attached hydrogen (secondary N) is 1. The summed E-state index contributed by atoms with van der Waals surface area (Å²) in [6.07, 6.45) is 2.48. The second kappa shape index (κ2) is 10.5. The summed E-state index contributed by atoms with van der Waals surface area (Å²) in [4.78, 5) is 20.1. The maximum Gasteiger partial charge on any atom is 0.223 e. The molecule has 0 saturated carbocycles. The van der Waals surface area contributed by atoms with Gasteiger partial charge in [0.2, 0.25) is 11.9 Å². The van der Waals surface area contributed by atoms with Gasteiger partial charge in [-0.25, -0.2) is 4.98 Å². The second-order valence-electron chi connectivity index (χ2n) is 9.40. The zero-order chi connectivity index (χ0) is 24.2. The molecule has 0 unspecified atom stereocenters. The minimum Gasteiger partial charge on any atom is -0.356 e. The summed E-state index contributed by atoms with van der Waals surface area (Å²) in [7, 11) is 0. The molecule has 180 valence electrons. The van der Waals surface area contributed by atoms with Crippen molar-refractivity contribution in [2.75, 3.05) is 24.5 Å². The molecule has 1 aliphatic rings. The number of nitrogens with zero attached hydrogens (tertiary/aromatic N) is 3. The van der Waals surface area contributed by atoms with Crippen LogP contribution in [0.2, 0.25) is 5.02 Å². The van der Waals surface area contributed by atoms with E-state index in [4.69, 9.17) is 16.6 Å². The molecular weight excluding hydrogens is 456 g/mol. The predicted octanol–water partition coefficient (Wildman–Crippen LogP) is 5.62. The van der Waals surface area contributed by atoms with E-state index in [-0.39, 0.29) is 11.8 Å². The van der Waals surface area contributed by atoms with Crippen LogP contribution < -0.4 is 10.2 Å². The lowest BCUT2D eigenvalue weighted by atomic mass is 9.96. The molecule has 1 N–H and O–H groups in total. The number of anilines is 1. The molecule has 1 amide bonds. The summed E-state index contributed by atoms with van der Waals surface area (Å²) in [5.41, 5.74) is 5.85. The number of carbonyl (C=O) groups excluding carboxylic acids is 1. The fourth-order valence-electron chi connectivity index (χ4n) is 4.80. The van der Waals surface area contributed by atoms with Gasteiger partial charge >= 0.3 is 0 Å². The number of hydrogen-bond donors (Lipinski definition) is 1. The quantitative estimate of drug-likeness (QED) is 0.368. The van der Waals surface area contributed by atoms with Crippen LogP contribution in [-0.2, 0) is 17.8 Å².